The molecule has 0 unspecified atom stereocenters. The van der Waals surface area contributed by atoms with Gasteiger partial charge in [0, 0.05) is 17.4 Å². The third-order valence-corrected chi connectivity index (χ3v) is 4.52. The largest absolute Gasteiger partial charge is 0.361 e. The van der Waals surface area contributed by atoms with E-state index in [9.17, 15) is 14.4 Å². The average molecular weight is 362 g/mol. The number of aromatic amines is 1. The maximum atomic E-state index is 12.5. The van der Waals surface area contributed by atoms with Gasteiger partial charge in [-0.15, -0.1) is 0 Å². The predicted molar refractivity (Wildman–Crippen MR) is 101 cm³/mol. The number of hydrogen-bond donors (Lipinski definition) is 3. The molecule has 0 bridgehead atoms. The zero-order chi connectivity index (χ0) is 18.8. The number of nitrogens with zero attached hydrogens (tertiary/aromatic N) is 1. The number of H-pyrrole nitrogens is 1. The van der Waals surface area contributed by atoms with Crippen LogP contribution in [0.5, 0.6) is 0 Å². The van der Waals surface area contributed by atoms with E-state index in [0.29, 0.717) is 5.69 Å². The second kappa shape index (κ2) is 6.95. The molecule has 136 valence electrons. The number of anilines is 1. The van der Waals surface area contributed by atoms with Crippen molar-refractivity contribution >= 4 is 34.4 Å². The number of amides is 4. The van der Waals surface area contributed by atoms with Crippen LogP contribution in [0.2, 0.25) is 0 Å². The normalized spacial score (nSPS) is 16.6. The van der Waals surface area contributed by atoms with Crippen molar-refractivity contribution in [1.29, 1.82) is 0 Å². The summed E-state index contributed by atoms with van der Waals surface area (Å²) in [6, 6.07) is 15.4. The van der Waals surface area contributed by atoms with Gasteiger partial charge in [-0.2, -0.15) is 0 Å². The van der Waals surface area contributed by atoms with Crippen molar-refractivity contribution in [3.63, 3.8) is 0 Å². The van der Waals surface area contributed by atoms with Crippen molar-refractivity contribution in [2.24, 2.45) is 0 Å². The Bertz CT molecular complexity index is 1010. The Hall–Kier alpha value is -3.61. The minimum Gasteiger partial charge on any atom is -0.361 e. The molecule has 2 aromatic carbocycles. The van der Waals surface area contributed by atoms with Gasteiger partial charge in [-0.05, 0) is 29.1 Å². The Labute approximate surface area is 155 Å². The van der Waals surface area contributed by atoms with Gasteiger partial charge in [0.25, 0.3) is 5.91 Å². The van der Waals surface area contributed by atoms with Crippen molar-refractivity contribution in [3.8, 4) is 0 Å². The minimum atomic E-state index is -0.851. The monoisotopic (exact) mass is 362 g/mol. The molecule has 1 atom stereocenters. The first-order chi connectivity index (χ1) is 13.1. The van der Waals surface area contributed by atoms with Crippen molar-refractivity contribution < 1.29 is 14.4 Å². The summed E-state index contributed by atoms with van der Waals surface area (Å²) in [5, 5.41) is 6.40. The molecule has 27 heavy (non-hydrogen) atoms. The van der Waals surface area contributed by atoms with Gasteiger partial charge in [0.1, 0.15) is 6.04 Å². The molecule has 1 aromatic heterocycles. The van der Waals surface area contributed by atoms with Crippen LogP contribution in [-0.2, 0) is 16.1 Å². The van der Waals surface area contributed by atoms with E-state index in [1.54, 1.807) is 6.07 Å². The maximum absolute atomic E-state index is 12.5. The second-order valence-corrected chi connectivity index (χ2v) is 6.44. The fraction of sp³-hybridized carbons (Fsp3) is 0.150. The van der Waals surface area contributed by atoms with Crippen LogP contribution in [0, 0.1) is 0 Å². The van der Waals surface area contributed by atoms with E-state index in [1.165, 1.54) is 0 Å². The summed E-state index contributed by atoms with van der Waals surface area (Å²) in [7, 11) is 0. The molecule has 3 N–H and O–H groups in total. The van der Waals surface area contributed by atoms with Crippen molar-refractivity contribution in [2.75, 3.05) is 5.32 Å². The topological polar surface area (TPSA) is 94.3 Å². The number of carbonyl (C=O) groups is 3. The molecular weight excluding hydrogens is 344 g/mol. The Balaban J connectivity index is 1.39. The smallest absolute Gasteiger partial charge is 0.325 e. The molecule has 3 aromatic rings. The van der Waals surface area contributed by atoms with Gasteiger partial charge >= 0.3 is 6.03 Å². The number of fused-ring (bicyclic) bond motifs is 1. The number of hydrogen-bond acceptors (Lipinski definition) is 3. The Morgan fingerprint density at radius 1 is 1.07 bits per heavy atom. The number of nitrogens with one attached hydrogen (secondary N) is 3. The number of carbonyl (C=O) groups excluding carboxylic acids is 3. The van der Waals surface area contributed by atoms with E-state index in [-0.39, 0.29) is 24.8 Å². The summed E-state index contributed by atoms with van der Waals surface area (Å²) in [4.78, 5) is 41.2. The summed E-state index contributed by atoms with van der Waals surface area (Å²) in [6.45, 7) is 0.188. The first-order valence-corrected chi connectivity index (χ1v) is 8.63. The van der Waals surface area contributed by atoms with Crippen molar-refractivity contribution in [2.45, 2.75) is 19.0 Å². The number of urea groups is 1. The predicted octanol–water partition coefficient (Wildman–Crippen LogP) is 2.62. The van der Waals surface area contributed by atoms with Gasteiger partial charge < -0.3 is 15.6 Å². The molecule has 0 spiro atoms. The molecule has 4 rings (SSSR count). The van der Waals surface area contributed by atoms with E-state index >= 15 is 0 Å². The molecule has 7 heteroatoms. The lowest BCUT2D eigenvalue weighted by Crippen LogP contribution is -2.34. The van der Waals surface area contributed by atoms with Gasteiger partial charge in [0.05, 0.1) is 13.0 Å². The number of benzene rings is 2. The Morgan fingerprint density at radius 3 is 2.70 bits per heavy atom. The van der Waals surface area contributed by atoms with E-state index < -0.39 is 12.1 Å². The summed E-state index contributed by atoms with van der Waals surface area (Å²) in [6.07, 6.45) is 1.71. The highest BCUT2D eigenvalue weighted by atomic mass is 16.2. The summed E-state index contributed by atoms with van der Waals surface area (Å²) in [5.41, 5.74) is 2.39. The highest BCUT2D eigenvalue weighted by molar-refractivity contribution is 6.07. The molecule has 1 saturated heterocycles. The third kappa shape index (κ3) is 3.52. The lowest BCUT2D eigenvalue weighted by Gasteiger charge is -2.13. The second-order valence-electron chi connectivity index (χ2n) is 6.44. The van der Waals surface area contributed by atoms with Gasteiger partial charge in [0.15, 0.2) is 0 Å². The minimum absolute atomic E-state index is 0.112. The standard InChI is InChI=1S/C20H18N4O3/c25-18(22-15-7-6-14-8-9-21-16(14)10-15)11-17-19(26)24(20(27)23-17)12-13-4-2-1-3-5-13/h1-10,17,21H,11-12H2,(H,22,25)(H,23,27)/t17-/m0/s1. The van der Waals surface area contributed by atoms with E-state index in [1.807, 2.05) is 54.7 Å². The zero-order valence-electron chi connectivity index (χ0n) is 14.4. The lowest BCUT2D eigenvalue weighted by atomic mass is 10.1. The highest BCUT2D eigenvalue weighted by Gasteiger charge is 2.38. The Kier molecular flexibility index (Phi) is 4.33. The molecule has 4 amide bonds. The first-order valence-electron chi connectivity index (χ1n) is 8.63. The summed E-state index contributed by atoms with van der Waals surface area (Å²) >= 11 is 0. The van der Waals surface area contributed by atoms with Crippen LogP contribution in [0.15, 0.2) is 60.8 Å². The van der Waals surface area contributed by atoms with Crippen LogP contribution < -0.4 is 10.6 Å². The SMILES string of the molecule is O=C(C[C@@H]1NC(=O)N(Cc2ccccc2)C1=O)Nc1ccc2cc[nH]c2c1. The third-order valence-electron chi connectivity index (χ3n) is 4.52. The fourth-order valence-electron chi connectivity index (χ4n) is 3.15. The highest BCUT2D eigenvalue weighted by Crippen LogP contribution is 2.19. The Morgan fingerprint density at radius 2 is 1.89 bits per heavy atom. The van der Waals surface area contributed by atoms with Crippen LogP contribution in [0.1, 0.15) is 12.0 Å². The first kappa shape index (κ1) is 16.8. The van der Waals surface area contributed by atoms with E-state index in [2.05, 4.69) is 15.6 Å². The van der Waals surface area contributed by atoms with Crippen LogP contribution in [0.25, 0.3) is 10.9 Å². The summed E-state index contributed by atoms with van der Waals surface area (Å²) < 4.78 is 0. The zero-order valence-corrected chi connectivity index (χ0v) is 14.4. The lowest BCUT2D eigenvalue weighted by molar-refractivity contribution is -0.130. The van der Waals surface area contributed by atoms with Gasteiger partial charge in [-0.3, -0.25) is 14.5 Å². The number of imide groups is 1. The van der Waals surface area contributed by atoms with Crippen LogP contribution >= 0.6 is 0 Å². The molecule has 0 radical (unpaired) electrons. The van der Waals surface area contributed by atoms with Crippen LogP contribution in [0.3, 0.4) is 0 Å². The average Bonchev–Trinajstić information content (AvgIpc) is 3.22. The molecule has 7 nitrogen and oxygen atoms in total. The van der Waals surface area contributed by atoms with Crippen molar-refractivity contribution in [3.05, 3.63) is 66.4 Å². The molecule has 1 aliphatic heterocycles. The summed E-state index contributed by atoms with van der Waals surface area (Å²) in [5.74, 6) is -0.722. The van der Waals surface area contributed by atoms with Crippen molar-refractivity contribution in [1.82, 2.24) is 15.2 Å². The van der Waals surface area contributed by atoms with Gasteiger partial charge in [-0.25, -0.2) is 4.79 Å². The molecule has 1 aliphatic rings. The maximum Gasteiger partial charge on any atom is 0.325 e. The number of rotatable bonds is 5. The molecule has 0 saturated carbocycles. The molecule has 1 fully saturated rings. The molecular formula is C20H18N4O3. The van der Waals surface area contributed by atoms with E-state index in [4.69, 9.17) is 0 Å². The van der Waals surface area contributed by atoms with Gasteiger partial charge in [-0.1, -0.05) is 36.4 Å². The molecule has 2 heterocycles. The van der Waals surface area contributed by atoms with Crippen LogP contribution in [-0.4, -0.2) is 33.8 Å². The fourth-order valence-corrected chi connectivity index (χ4v) is 3.15. The number of aromatic nitrogens is 1. The van der Waals surface area contributed by atoms with Crippen LogP contribution in [0.4, 0.5) is 10.5 Å². The molecule has 0 aliphatic carbocycles. The quantitative estimate of drug-likeness (QED) is 0.609. The van der Waals surface area contributed by atoms with Gasteiger partial charge in [0.2, 0.25) is 5.91 Å². The van der Waals surface area contributed by atoms with E-state index in [0.717, 1.165) is 21.4 Å².